The van der Waals surface area contributed by atoms with E-state index < -0.39 is 12.1 Å². The number of amidine groups is 1. The Labute approximate surface area is 139 Å². The van der Waals surface area contributed by atoms with Gasteiger partial charge in [0.15, 0.2) is 0 Å². The van der Waals surface area contributed by atoms with Crippen molar-refractivity contribution in [1.82, 2.24) is 15.1 Å². The third-order valence-corrected chi connectivity index (χ3v) is 4.12. The summed E-state index contributed by atoms with van der Waals surface area (Å²) >= 11 is 0. The molecule has 3 amide bonds. The summed E-state index contributed by atoms with van der Waals surface area (Å²) in [6.45, 7) is 0.723. The van der Waals surface area contributed by atoms with Crippen molar-refractivity contribution in [1.29, 1.82) is 0 Å². The largest absolute Gasteiger partial charge is 0.393 e. The minimum Gasteiger partial charge on any atom is -0.393 e. The molecule has 1 fully saturated rings. The highest BCUT2D eigenvalue weighted by Gasteiger charge is 2.51. The molecule has 1 atom stereocenters. The van der Waals surface area contributed by atoms with Gasteiger partial charge in [-0.05, 0) is 5.56 Å². The monoisotopic (exact) mass is 330 g/mol. The van der Waals surface area contributed by atoms with Gasteiger partial charge in [-0.25, -0.2) is 9.37 Å². The second-order valence-electron chi connectivity index (χ2n) is 5.70. The minimum absolute atomic E-state index is 0.0547. The fourth-order valence-electron chi connectivity index (χ4n) is 2.85. The molecule has 1 unspecified atom stereocenters. The summed E-state index contributed by atoms with van der Waals surface area (Å²) in [5, 5.41) is 12.1. The first-order chi connectivity index (χ1) is 11.5. The zero-order valence-electron chi connectivity index (χ0n) is 13.6. The Balaban J connectivity index is 1.99. The zero-order valence-corrected chi connectivity index (χ0v) is 13.6. The quantitative estimate of drug-likeness (QED) is 0.725. The Kier molecular flexibility index (Phi) is 4.30. The molecule has 2 heterocycles. The van der Waals surface area contributed by atoms with Crippen molar-refractivity contribution in [3.05, 3.63) is 35.9 Å². The molecule has 3 rings (SSSR count). The van der Waals surface area contributed by atoms with E-state index in [1.807, 2.05) is 34.9 Å². The summed E-state index contributed by atoms with van der Waals surface area (Å²) < 4.78 is 1.82. The molecular formula is C16H20N5O3+. The van der Waals surface area contributed by atoms with Gasteiger partial charge in [-0.2, -0.15) is 0 Å². The number of rotatable bonds is 4. The van der Waals surface area contributed by atoms with Gasteiger partial charge in [0.05, 0.1) is 19.7 Å². The molecule has 8 heteroatoms. The van der Waals surface area contributed by atoms with Gasteiger partial charge >= 0.3 is 12.0 Å². The summed E-state index contributed by atoms with van der Waals surface area (Å²) in [7, 11) is 3.07. The number of hydrogen-bond donors (Lipinski definition) is 2. The molecular weight excluding hydrogens is 310 g/mol. The maximum atomic E-state index is 12.6. The van der Waals surface area contributed by atoms with Crippen molar-refractivity contribution in [2.24, 2.45) is 4.99 Å². The normalized spacial score (nSPS) is 20.5. The van der Waals surface area contributed by atoms with Gasteiger partial charge in [0.2, 0.25) is 11.9 Å². The number of nitrogens with zero attached hydrogens (tertiary/aromatic N) is 4. The number of aliphatic imine (C=N–C) groups is 1. The molecule has 0 radical (unpaired) electrons. The van der Waals surface area contributed by atoms with Crippen LogP contribution in [-0.2, 0) is 11.3 Å². The lowest BCUT2D eigenvalue weighted by Gasteiger charge is -2.31. The summed E-state index contributed by atoms with van der Waals surface area (Å²) in [5.74, 6) is 0.573. The predicted molar refractivity (Wildman–Crippen MR) is 87.7 cm³/mol. The average Bonchev–Trinajstić information content (AvgIpc) is 2.95. The molecule has 1 aromatic carbocycles. The number of urea groups is 1. The molecule has 0 aliphatic carbocycles. The number of benzene rings is 1. The van der Waals surface area contributed by atoms with E-state index in [4.69, 9.17) is 5.11 Å². The first-order valence-electron chi connectivity index (χ1n) is 7.70. The number of fused-ring (bicyclic) bond motifs is 1. The van der Waals surface area contributed by atoms with Crippen LogP contribution in [0.1, 0.15) is 5.56 Å². The summed E-state index contributed by atoms with van der Waals surface area (Å²) in [6, 6.07) is 8.66. The van der Waals surface area contributed by atoms with Crippen LogP contribution in [0.2, 0.25) is 0 Å². The van der Waals surface area contributed by atoms with Gasteiger partial charge in [0.25, 0.3) is 5.91 Å². The zero-order chi connectivity index (χ0) is 17.3. The SMILES string of the molecule is CN1C(=O)C2C(=NC(NCCO)=[N+]2Cc2ccccc2)N(C)C1=O. The number of carbonyl (C=O) groups excluding carboxylic acids is 2. The molecule has 8 nitrogen and oxygen atoms in total. The molecule has 0 saturated carbocycles. The van der Waals surface area contributed by atoms with Crippen LogP contribution in [0.3, 0.4) is 0 Å². The van der Waals surface area contributed by atoms with Crippen LogP contribution >= 0.6 is 0 Å². The third kappa shape index (κ3) is 2.65. The van der Waals surface area contributed by atoms with Crippen LogP contribution in [-0.4, -0.2) is 76.5 Å². The van der Waals surface area contributed by atoms with Gasteiger partial charge in [0.1, 0.15) is 0 Å². The number of aliphatic hydroxyl groups is 1. The van der Waals surface area contributed by atoms with Crippen molar-refractivity contribution < 1.29 is 19.3 Å². The van der Waals surface area contributed by atoms with Crippen LogP contribution in [0.5, 0.6) is 0 Å². The number of aliphatic hydroxyl groups excluding tert-OH is 1. The van der Waals surface area contributed by atoms with Crippen LogP contribution in [0.25, 0.3) is 0 Å². The highest BCUT2D eigenvalue weighted by atomic mass is 16.3. The number of hydrogen-bond acceptors (Lipinski definition) is 5. The smallest absolute Gasteiger partial charge is 0.390 e. The van der Waals surface area contributed by atoms with E-state index in [1.54, 1.807) is 7.05 Å². The molecule has 0 bridgehead atoms. The second-order valence-corrected chi connectivity index (χ2v) is 5.70. The number of amides is 3. The molecule has 24 heavy (non-hydrogen) atoms. The fourth-order valence-corrected chi connectivity index (χ4v) is 2.85. The van der Waals surface area contributed by atoms with Crippen molar-refractivity contribution in [3.63, 3.8) is 0 Å². The maximum absolute atomic E-state index is 12.6. The van der Waals surface area contributed by atoms with Crippen LogP contribution < -0.4 is 5.32 Å². The summed E-state index contributed by atoms with van der Waals surface area (Å²) in [4.78, 5) is 31.7. The molecule has 2 aliphatic heterocycles. The Morgan fingerprint density at radius 3 is 2.58 bits per heavy atom. The fraction of sp³-hybridized carbons (Fsp3) is 0.375. The molecule has 2 aliphatic rings. The van der Waals surface area contributed by atoms with Gasteiger partial charge in [-0.1, -0.05) is 35.3 Å². The highest BCUT2D eigenvalue weighted by molar-refractivity contribution is 6.22. The van der Waals surface area contributed by atoms with Crippen molar-refractivity contribution in [2.75, 3.05) is 27.2 Å². The van der Waals surface area contributed by atoms with E-state index in [2.05, 4.69) is 10.3 Å². The first-order valence-corrected chi connectivity index (χ1v) is 7.70. The lowest BCUT2D eigenvalue weighted by Crippen LogP contribution is -2.61. The Hall–Kier alpha value is -2.74. The van der Waals surface area contributed by atoms with Crippen LogP contribution in [0, 0.1) is 0 Å². The molecule has 126 valence electrons. The van der Waals surface area contributed by atoms with E-state index in [9.17, 15) is 9.59 Å². The Morgan fingerprint density at radius 1 is 1.21 bits per heavy atom. The van der Waals surface area contributed by atoms with E-state index >= 15 is 0 Å². The van der Waals surface area contributed by atoms with Gasteiger partial charge in [-0.3, -0.25) is 19.9 Å². The number of nitrogens with one attached hydrogen (secondary N) is 1. The van der Waals surface area contributed by atoms with Crippen molar-refractivity contribution >= 4 is 23.7 Å². The van der Waals surface area contributed by atoms with Crippen LogP contribution in [0.15, 0.2) is 35.3 Å². The molecule has 1 aromatic rings. The maximum Gasteiger partial charge on any atom is 0.390 e. The van der Waals surface area contributed by atoms with E-state index in [-0.39, 0.29) is 12.5 Å². The topological polar surface area (TPSA) is 88.2 Å². The number of guanidine groups is 1. The van der Waals surface area contributed by atoms with E-state index in [0.29, 0.717) is 24.9 Å². The lowest BCUT2D eigenvalue weighted by atomic mass is 10.1. The number of carbonyl (C=O) groups is 2. The van der Waals surface area contributed by atoms with Gasteiger partial charge < -0.3 is 5.11 Å². The number of imide groups is 1. The van der Waals surface area contributed by atoms with Gasteiger partial charge in [-0.15, -0.1) is 0 Å². The molecule has 1 saturated heterocycles. The van der Waals surface area contributed by atoms with Crippen LogP contribution in [0.4, 0.5) is 4.79 Å². The standard InChI is InChI=1S/C16H19N5O3/c1-19-13-12(14(23)20(2)16(19)24)21(15(18-13)17-8-9-22)10-11-6-4-3-5-7-11/h3-7,12,22H,8-10H2,1-2H3/p+1. The molecule has 0 aromatic heterocycles. The number of likely N-dealkylation sites (N-methyl/N-ethyl adjacent to an activating group) is 2. The third-order valence-electron chi connectivity index (χ3n) is 4.12. The Bertz CT molecular complexity index is 728. The summed E-state index contributed by atoms with van der Waals surface area (Å²) in [5.41, 5.74) is 1.02. The van der Waals surface area contributed by atoms with Crippen molar-refractivity contribution in [2.45, 2.75) is 12.6 Å². The lowest BCUT2D eigenvalue weighted by molar-refractivity contribution is -0.553. The van der Waals surface area contributed by atoms with Crippen molar-refractivity contribution in [3.8, 4) is 0 Å². The summed E-state index contributed by atoms with van der Waals surface area (Å²) in [6.07, 6.45) is 0. The van der Waals surface area contributed by atoms with Gasteiger partial charge in [0, 0.05) is 14.1 Å². The van der Waals surface area contributed by atoms with E-state index in [0.717, 1.165) is 10.5 Å². The Morgan fingerprint density at radius 2 is 1.92 bits per heavy atom. The molecule has 0 spiro atoms. The average molecular weight is 330 g/mol. The first kappa shape index (κ1) is 16.1. The predicted octanol–water partition coefficient (Wildman–Crippen LogP) is -0.558. The van der Waals surface area contributed by atoms with E-state index in [1.165, 1.54) is 11.9 Å². The highest BCUT2D eigenvalue weighted by Crippen LogP contribution is 2.20. The second kappa shape index (κ2) is 6.40. The minimum atomic E-state index is -0.654. The molecule has 2 N–H and O–H groups in total.